The number of esters is 1. The number of ether oxygens (including phenoxy) is 1. The van der Waals surface area contributed by atoms with Gasteiger partial charge in [-0.05, 0) is 26.9 Å². The van der Waals surface area contributed by atoms with E-state index < -0.39 is 0 Å². The zero-order chi connectivity index (χ0) is 10.3. The number of nitrogens with zero attached hydrogens (tertiary/aromatic N) is 1. The molecule has 0 amide bonds. The highest BCUT2D eigenvalue weighted by Crippen LogP contribution is 1.99. The summed E-state index contributed by atoms with van der Waals surface area (Å²) in [7, 11) is 3.99. The number of carbonyl (C=O) groups excluding carboxylic acids is 1. The van der Waals surface area contributed by atoms with Crippen LogP contribution in [0.1, 0.15) is 19.8 Å². The Kier molecular flexibility index (Phi) is 6.24. The second-order valence-corrected chi connectivity index (χ2v) is 3.25. The fraction of sp³-hybridized carbons (Fsp3) is 0.700. The van der Waals surface area contributed by atoms with Crippen LogP contribution >= 0.6 is 0 Å². The molecule has 0 atom stereocenters. The molecule has 0 aromatic carbocycles. The first-order valence-corrected chi connectivity index (χ1v) is 4.57. The van der Waals surface area contributed by atoms with Crippen LogP contribution in [-0.4, -0.2) is 38.1 Å². The zero-order valence-electron chi connectivity index (χ0n) is 8.80. The van der Waals surface area contributed by atoms with Crippen LogP contribution in [0.5, 0.6) is 0 Å². The van der Waals surface area contributed by atoms with Gasteiger partial charge in [-0.3, -0.25) is 0 Å². The van der Waals surface area contributed by atoms with Crippen molar-refractivity contribution >= 4 is 5.97 Å². The van der Waals surface area contributed by atoms with E-state index in [-0.39, 0.29) is 5.97 Å². The van der Waals surface area contributed by atoms with Crippen molar-refractivity contribution in [2.75, 3.05) is 27.2 Å². The molecule has 0 rings (SSSR count). The first-order chi connectivity index (χ1) is 6.07. The molecular formula is C10H19NO2. The summed E-state index contributed by atoms with van der Waals surface area (Å²) in [6.07, 6.45) is 1.53. The molecule has 0 saturated carbocycles. The van der Waals surface area contributed by atoms with E-state index in [1.807, 2.05) is 21.0 Å². The van der Waals surface area contributed by atoms with E-state index in [1.54, 1.807) is 0 Å². The third kappa shape index (κ3) is 6.34. The van der Waals surface area contributed by atoms with Crippen molar-refractivity contribution in [2.24, 2.45) is 0 Å². The second-order valence-electron chi connectivity index (χ2n) is 3.25. The molecule has 3 heteroatoms. The molecule has 0 fully saturated rings. The largest absolute Gasteiger partial charge is 0.462 e. The fourth-order valence-corrected chi connectivity index (χ4v) is 0.792. The molecule has 0 heterocycles. The third-order valence-electron chi connectivity index (χ3n) is 1.70. The lowest BCUT2D eigenvalue weighted by molar-refractivity contribution is -0.139. The first-order valence-electron chi connectivity index (χ1n) is 4.57. The van der Waals surface area contributed by atoms with Gasteiger partial charge in [0.25, 0.3) is 0 Å². The maximum Gasteiger partial charge on any atom is 0.333 e. The van der Waals surface area contributed by atoms with Gasteiger partial charge in [0, 0.05) is 12.1 Å². The van der Waals surface area contributed by atoms with Gasteiger partial charge in [0.05, 0.1) is 6.61 Å². The lowest BCUT2D eigenvalue weighted by Crippen LogP contribution is -2.16. The maximum atomic E-state index is 11.1. The number of hydrogen-bond donors (Lipinski definition) is 0. The number of carbonyl (C=O) groups is 1. The van der Waals surface area contributed by atoms with Crippen LogP contribution in [0.3, 0.4) is 0 Å². The van der Waals surface area contributed by atoms with Crippen molar-refractivity contribution in [3.63, 3.8) is 0 Å². The van der Waals surface area contributed by atoms with Gasteiger partial charge in [-0.1, -0.05) is 13.5 Å². The Balaban J connectivity index is 3.43. The summed E-state index contributed by atoms with van der Waals surface area (Å²) < 4.78 is 4.98. The summed E-state index contributed by atoms with van der Waals surface area (Å²) >= 11 is 0. The van der Waals surface area contributed by atoms with E-state index in [0.717, 1.165) is 13.0 Å². The van der Waals surface area contributed by atoms with E-state index in [1.165, 1.54) is 0 Å². The Labute approximate surface area is 80.4 Å². The van der Waals surface area contributed by atoms with Crippen molar-refractivity contribution < 1.29 is 9.53 Å². The van der Waals surface area contributed by atoms with Crippen LogP contribution in [0.15, 0.2) is 12.2 Å². The Morgan fingerprint density at radius 3 is 2.54 bits per heavy atom. The van der Waals surface area contributed by atoms with Crippen LogP contribution in [0.25, 0.3) is 0 Å². The Bertz CT molecular complexity index is 176. The summed E-state index contributed by atoms with van der Waals surface area (Å²) in [4.78, 5) is 13.1. The van der Waals surface area contributed by atoms with Gasteiger partial charge < -0.3 is 9.64 Å². The Hall–Kier alpha value is -0.830. The molecule has 0 bridgehead atoms. The molecule has 0 aromatic heterocycles. The smallest absolute Gasteiger partial charge is 0.333 e. The Morgan fingerprint density at radius 2 is 2.08 bits per heavy atom. The van der Waals surface area contributed by atoms with Crippen LogP contribution in [0.2, 0.25) is 0 Å². The minimum Gasteiger partial charge on any atom is -0.462 e. The van der Waals surface area contributed by atoms with Crippen molar-refractivity contribution in [3.8, 4) is 0 Å². The average molecular weight is 185 g/mol. The highest BCUT2D eigenvalue weighted by molar-refractivity contribution is 5.87. The first kappa shape index (κ1) is 12.2. The SMILES string of the molecule is C=C(CC)C(=O)OCCCN(C)C. The van der Waals surface area contributed by atoms with Gasteiger partial charge in [0.1, 0.15) is 0 Å². The van der Waals surface area contributed by atoms with Crippen LogP contribution in [0, 0.1) is 0 Å². The fourth-order valence-electron chi connectivity index (χ4n) is 0.792. The summed E-state index contributed by atoms with van der Waals surface area (Å²) in [5.74, 6) is -0.263. The van der Waals surface area contributed by atoms with Gasteiger partial charge in [-0.2, -0.15) is 0 Å². The molecule has 0 spiro atoms. The number of hydrogen-bond acceptors (Lipinski definition) is 3. The molecule has 0 aliphatic heterocycles. The molecule has 0 radical (unpaired) electrons. The normalized spacial score (nSPS) is 10.2. The summed E-state index contributed by atoms with van der Waals surface area (Å²) in [6, 6.07) is 0. The third-order valence-corrected chi connectivity index (χ3v) is 1.70. The molecule has 0 aliphatic carbocycles. The monoisotopic (exact) mass is 185 g/mol. The lowest BCUT2D eigenvalue weighted by Gasteiger charge is -2.09. The minimum absolute atomic E-state index is 0.263. The molecule has 3 nitrogen and oxygen atoms in total. The van der Waals surface area contributed by atoms with Crippen molar-refractivity contribution in [1.82, 2.24) is 4.90 Å². The molecule has 0 aromatic rings. The van der Waals surface area contributed by atoms with Crippen molar-refractivity contribution in [1.29, 1.82) is 0 Å². The van der Waals surface area contributed by atoms with Gasteiger partial charge in [-0.25, -0.2) is 4.79 Å². The van der Waals surface area contributed by atoms with Gasteiger partial charge in [0.15, 0.2) is 0 Å². The van der Waals surface area contributed by atoms with E-state index in [9.17, 15) is 4.79 Å². The summed E-state index contributed by atoms with van der Waals surface area (Å²) in [5, 5.41) is 0. The standard InChI is InChI=1S/C10H19NO2/c1-5-9(2)10(12)13-8-6-7-11(3)4/h2,5-8H2,1,3-4H3. The second kappa shape index (κ2) is 6.66. The molecule has 0 N–H and O–H groups in total. The molecule has 76 valence electrons. The van der Waals surface area contributed by atoms with Crippen molar-refractivity contribution in [2.45, 2.75) is 19.8 Å². The number of rotatable bonds is 6. The predicted molar refractivity (Wildman–Crippen MR) is 53.6 cm³/mol. The summed E-state index contributed by atoms with van der Waals surface area (Å²) in [6.45, 7) is 6.91. The van der Waals surface area contributed by atoms with E-state index >= 15 is 0 Å². The van der Waals surface area contributed by atoms with Gasteiger partial charge in [-0.15, -0.1) is 0 Å². The molecule has 0 saturated heterocycles. The molecular weight excluding hydrogens is 166 g/mol. The average Bonchev–Trinajstić information content (AvgIpc) is 2.10. The molecule has 13 heavy (non-hydrogen) atoms. The van der Waals surface area contributed by atoms with Crippen molar-refractivity contribution in [3.05, 3.63) is 12.2 Å². The molecule has 0 aliphatic rings. The van der Waals surface area contributed by atoms with Crippen LogP contribution in [0.4, 0.5) is 0 Å². The zero-order valence-corrected chi connectivity index (χ0v) is 8.80. The quantitative estimate of drug-likeness (QED) is 0.356. The predicted octanol–water partition coefficient (Wildman–Crippen LogP) is 1.45. The highest BCUT2D eigenvalue weighted by atomic mass is 16.5. The van der Waals surface area contributed by atoms with Crippen LogP contribution in [-0.2, 0) is 9.53 Å². The highest BCUT2D eigenvalue weighted by Gasteiger charge is 2.04. The maximum absolute atomic E-state index is 11.1. The Morgan fingerprint density at radius 1 is 1.46 bits per heavy atom. The molecule has 0 unspecified atom stereocenters. The van der Waals surface area contributed by atoms with E-state index in [0.29, 0.717) is 18.6 Å². The van der Waals surface area contributed by atoms with Gasteiger partial charge in [0.2, 0.25) is 0 Å². The topological polar surface area (TPSA) is 29.5 Å². The lowest BCUT2D eigenvalue weighted by atomic mass is 10.2. The summed E-state index contributed by atoms with van der Waals surface area (Å²) in [5.41, 5.74) is 0.546. The van der Waals surface area contributed by atoms with E-state index in [4.69, 9.17) is 4.74 Å². The van der Waals surface area contributed by atoms with E-state index in [2.05, 4.69) is 11.5 Å². The van der Waals surface area contributed by atoms with Gasteiger partial charge >= 0.3 is 5.97 Å². The van der Waals surface area contributed by atoms with Crippen LogP contribution < -0.4 is 0 Å². The minimum atomic E-state index is -0.263.